The number of esters is 1. The maximum Gasteiger partial charge on any atom is 0.341 e. The zero-order valence-electron chi connectivity index (χ0n) is 16.4. The molecule has 3 rings (SSSR count). The summed E-state index contributed by atoms with van der Waals surface area (Å²) in [6.07, 6.45) is 4.84. The minimum absolute atomic E-state index is 0.126. The molecule has 6 nitrogen and oxygen atoms in total. The number of ether oxygens (including phenoxy) is 3. The second kappa shape index (κ2) is 9.10. The summed E-state index contributed by atoms with van der Waals surface area (Å²) in [5.74, 6) is 0.787. The summed E-state index contributed by atoms with van der Waals surface area (Å²) in [7, 11) is 4.55. The topological polar surface area (TPSA) is 73.9 Å². The first-order chi connectivity index (χ1) is 13.6. The molecule has 1 N–H and O–H groups in total. The molecule has 0 atom stereocenters. The first-order valence-electron chi connectivity index (χ1n) is 9.31. The van der Waals surface area contributed by atoms with Gasteiger partial charge in [0.1, 0.15) is 5.00 Å². The zero-order chi connectivity index (χ0) is 20.1. The van der Waals surface area contributed by atoms with Crippen LogP contribution < -0.4 is 14.8 Å². The van der Waals surface area contributed by atoms with Crippen LogP contribution in [-0.2, 0) is 28.8 Å². The molecule has 1 aromatic carbocycles. The van der Waals surface area contributed by atoms with E-state index < -0.39 is 0 Å². The summed E-state index contributed by atoms with van der Waals surface area (Å²) < 4.78 is 15.5. The van der Waals surface area contributed by atoms with Gasteiger partial charge in [-0.2, -0.15) is 0 Å². The molecule has 0 bridgehead atoms. The van der Waals surface area contributed by atoms with Crippen LogP contribution in [-0.4, -0.2) is 33.2 Å². The van der Waals surface area contributed by atoms with E-state index in [1.807, 2.05) is 18.2 Å². The molecule has 28 heavy (non-hydrogen) atoms. The van der Waals surface area contributed by atoms with Crippen molar-refractivity contribution in [2.45, 2.75) is 38.5 Å². The van der Waals surface area contributed by atoms with E-state index in [-0.39, 0.29) is 11.9 Å². The third kappa shape index (κ3) is 4.30. The van der Waals surface area contributed by atoms with Crippen molar-refractivity contribution in [3.8, 4) is 11.5 Å². The number of benzene rings is 1. The molecule has 0 fully saturated rings. The number of rotatable bonds is 7. The number of aryl methyl sites for hydroxylation is 2. The van der Waals surface area contributed by atoms with E-state index in [0.717, 1.165) is 36.8 Å². The van der Waals surface area contributed by atoms with Crippen LogP contribution in [0.4, 0.5) is 5.00 Å². The standard InChI is InChI=1S/C21H25NO5S/c1-25-15-10-8-13(12-16(15)26-2)9-11-18(23)22-20-19(21(24)27-3)14-6-4-5-7-17(14)28-20/h8,10,12H,4-7,9,11H2,1-3H3,(H,22,23). The van der Waals surface area contributed by atoms with Gasteiger partial charge in [-0.1, -0.05) is 6.07 Å². The molecule has 1 aliphatic carbocycles. The lowest BCUT2D eigenvalue weighted by Gasteiger charge is -2.12. The molecule has 1 heterocycles. The van der Waals surface area contributed by atoms with Gasteiger partial charge in [0.25, 0.3) is 0 Å². The second-order valence-electron chi connectivity index (χ2n) is 6.64. The summed E-state index contributed by atoms with van der Waals surface area (Å²) in [4.78, 5) is 26.0. The lowest BCUT2D eigenvalue weighted by molar-refractivity contribution is -0.116. The molecule has 0 saturated heterocycles. The van der Waals surface area contributed by atoms with Crippen LogP contribution in [0.3, 0.4) is 0 Å². The first kappa shape index (κ1) is 20.2. The van der Waals surface area contributed by atoms with Gasteiger partial charge >= 0.3 is 5.97 Å². The van der Waals surface area contributed by atoms with Crippen LogP contribution in [0.1, 0.15) is 45.6 Å². The molecule has 1 aliphatic rings. The quantitative estimate of drug-likeness (QED) is 0.708. The molecule has 7 heteroatoms. The fourth-order valence-electron chi connectivity index (χ4n) is 3.46. The van der Waals surface area contributed by atoms with Gasteiger partial charge in [-0.3, -0.25) is 4.79 Å². The predicted molar refractivity (Wildman–Crippen MR) is 109 cm³/mol. The Balaban J connectivity index is 1.70. The lowest BCUT2D eigenvalue weighted by Crippen LogP contribution is -2.15. The van der Waals surface area contributed by atoms with Crippen molar-refractivity contribution in [3.63, 3.8) is 0 Å². The minimum Gasteiger partial charge on any atom is -0.493 e. The number of fused-ring (bicyclic) bond motifs is 1. The molecule has 0 aliphatic heterocycles. The largest absolute Gasteiger partial charge is 0.493 e. The predicted octanol–water partition coefficient (Wildman–Crippen LogP) is 4.00. The van der Waals surface area contributed by atoms with Crippen LogP contribution in [0.15, 0.2) is 18.2 Å². The molecule has 1 aromatic heterocycles. The molecule has 150 valence electrons. The third-order valence-electron chi connectivity index (χ3n) is 4.90. The number of nitrogens with one attached hydrogen (secondary N) is 1. The first-order valence-corrected chi connectivity index (χ1v) is 10.1. The van der Waals surface area contributed by atoms with Gasteiger partial charge in [0, 0.05) is 11.3 Å². The molecule has 0 unspecified atom stereocenters. The molecule has 2 aromatic rings. The van der Waals surface area contributed by atoms with Gasteiger partial charge in [-0.05, 0) is 55.4 Å². The fourth-order valence-corrected chi connectivity index (χ4v) is 4.75. The number of thiophene rings is 1. The molecular formula is C21H25NO5S. The van der Waals surface area contributed by atoms with Gasteiger partial charge in [-0.25, -0.2) is 4.79 Å². The Morgan fingerprint density at radius 1 is 1.07 bits per heavy atom. The number of methoxy groups -OCH3 is 3. The van der Waals surface area contributed by atoms with Gasteiger partial charge in [0.05, 0.1) is 26.9 Å². The number of amides is 1. The van der Waals surface area contributed by atoms with Gasteiger partial charge in [0.15, 0.2) is 11.5 Å². The minimum atomic E-state index is -0.380. The highest BCUT2D eigenvalue weighted by Crippen LogP contribution is 2.38. The molecular weight excluding hydrogens is 378 g/mol. The number of hydrogen-bond acceptors (Lipinski definition) is 6. The van der Waals surface area contributed by atoms with Gasteiger partial charge < -0.3 is 19.5 Å². The smallest absolute Gasteiger partial charge is 0.341 e. The van der Waals surface area contributed by atoms with E-state index in [0.29, 0.717) is 34.9 Å². The van der Waals surface area contributed by atoms with Crippen LogP contribution in [0.5, 0.6) is 11.5 Å². The lowest BCUT2D eigenvalue weighted by atomic mass is 9.95. The Morgan fingerprint density at radius 2 is 1.82 bits per heavy atom. The van der Waals surface area contributed by atoms with Crippen LogP contribution in [0.25, 0.3) is 0 Å². The van der Waals surface area contributed by atoms with Crippen molar-refractivity contribution in [1.29, 1.82) is 0 Å². The van der Waals surface area contributed by atoms with Crippen molar-refractivity contribution in [3.05, 3.63) is 39.8 Å². The highest BCUT2D eigenvalue weighted by molar-refractivity contribution is 7.17. The monoisotopic (exact) mass is 403 g/mol. The summed E-state index contributed by atoms with van der Waals surface area (Å²) in [5, 5.41) is 3.53. The normalized spacial score (nSPS) is 12.8. The Morgan fingerprint density at radius 3 is 2.54 bits per heavy atom. The highest BCUT2D eigenvalue weighted by Gasteiger charge is 2.26. The summed E-state index contributed by atoms with van der Waals surface area (Å²) in [6, 6.07) is 5.61. The van der Waals surface area contributed by atoms with Crippen LogP contribution in [0, 0.1) is 0 Å². The molecule has 0 spiro atoms. The Hall–Kier alpha value is -2.54. The van der Waals surface area contributed by atoms with E-state index in [2.05, 4.69) is 5.32 Å². The number of carbonyl (C=O) groups is 2. The van der Waals surface area contributed by atoms with Gasteiger partial charge in [0.2, 0.25) is 5.91 Å². The zero-order valence-corrected chi connectivity index (χ0v) is 17.2. The van der Waals surface area contributed by atoms with Crippen LogP contribution in [0.2, 0.25) is 0 Å². The number of anilines is 1. The van der Waals surface area contributed by atoms with Gasteiger partial charge in [-0.15, -0.1) is 11.3 Å². The van der Waals surface area contributed by atoms with E-state index in [4.69, 9.17) is 14.2 Å². The Kier molecular flexibility index (Phi) is 6.57. The van der Waals surface area contributed by atoms with E-state index in [1.165, 1.54) is 23.3 Å². The maximum absolute atomic E-state index is 12.5. The SMILES string of the molecule is COC(=O)c1c(NC(=O)CCc2ccc(OC)c(OC)c2)sc2c1CCCC2. The Labute approximate surface area is 168 Å². The van der Waals surface area contributed by atoms with Crippen molar-refractivity contribution < 1.29 is 23.8 Å². The fraction of sp³-hybridized carbons (Fsp3) is 0.429. The molecule has 0 radical (unpaired) electrons. The summed E-state index contributed by atoms with van der Waals surface area (Å²) >= 11 is 1.50. The summed E-state index contributed by atoms with van der Waals surface area (Å²) in [6.45, 7) is 0. The Bertz CT molecular complexity index is 874. The van der Waals surface area contributed by atoms with Crippen molar-refractivity contribution in [2.24, 2.45) is 0 Å². The summed E-state index contributed by atoms with van der Waals surface area (Å²) in [5.41, 5.74) is 2.55. The molecule has 0 saturated carbocycles. The van der Waals surface area contributed by atoms with E-state index in [1.54, 1.807) is 14.2 Å². The van der Waals surface area contributed by atoms with Crippen molar-refractivity contribution >= 4 is 28.2 Å². The van der Waals surface area contributed by atoms with E-state index in [9.17, 15) is 9.59 Å². The average Bonchev–Trinajstić information content (AvgIpc) is 3.09. The molecule has 1 amide bonds. The van der Waals surface area contributed by atoms with E-state index >= 15 is 0 Å². The second-order valence-corrected chi connectivity index (χ2v) is 7.75. The average molecular weight is 404 g/mol. The number of hydrogen-bond donors (Lipinski definition) is 1. The third-order valence-corrected chi connectivity index (χ3v) is 6.11. The van der Waals surface area contributed by atoms with Crippen LogP contribution >= 0.6 is 11.3 Å². The number of carbonyl (C=O) groups excluding carboxylic acids is 2. The van der Waals surface area contributed by atoms with Crippen molar-refractivity contribution in [1.82, 2.24) is 0 Å². The maximum atomic E-state index is 12.5. The van der Waals surface area contributed by atoms with Crippen molar-refractivity contribution in [2.75, 3.05) is 26.6 Å². The highest BCUT2D eigenvalue weighted by atomic mass is 32.1.